The van der Waals surface area contributed by atoms with Crippen molar-refractivity contribution in [3.8, 4) is 0 Å². The minimum Gasteiger partial charge on any atom is -0.478 e. The van der Waals surface area contributed by atoms with E-state index in [9.17, 15) is 4.79 Å². The number of aryl methyl sites for hydroxylation is 1. The van der Waals surface area contributed by atoms with Crippen LogP contribution >= 0.6 is 0 Å². The summed E-state index contributed by atoms with van der Waals surface area (Å²) >= 11 is 0. The van der Waals surface area contributed by atoms with E-state index in [4.69, 9.17) is 9.84 Å². The average Bonchev–Trinajstić information content (AvgIpc) is 2.91. The predicted octanol–water partition coefficient (Wildman–Crippen LogP) is 2.76. The Labute approximate surface area is 108 Å². The Morgan fingerprint density at radius 2 is 2.11 bits per heavy atom. The normalized spacial score (nSPS) is 16.3. The van der Waals surface area contributed by atoms with Crippen LogP contribution in [0.1, 0.15) is 47.4 Å². The molecular weight excluding hydrogens is 230 g/mol. The van der Waals surface area contributed by atoms with E-state index in [0.717, 1.165) is 17.9 Å². The zero-order chi connectivity index (χ0) is 13.1. The summed E-state index contributed by atoms with van der Waals surface area (Å²) in [6.45, 7) is 5.20. The van der Waals surface area contributed by atoms with E-state index >= 15 is 0 Å². The highest BCUT2D eigenvalue weighted by Gasteiger charge is 2.17. The molecule has 2 rings (SSSR count). The van der Waals surface area contributed by atoms with Crippen molar-refractivity contribution in [2.24, 2.45) is 0 Å². The van der Waals surface area contributed by atoms with Crippen molar-refractivity contribution in [1.29, 1.82) is 0 Å². The Hall–Kier alpha value is -1.29. The summed E-state index contributed by atoms with van der Waals surface area (Å²) in [4.78, 5) is 11.0. The number of nitrogens with zero attached hydrogens (tertiary/aromatic N) is 1. The molecule has 4 heteroatoms. The molecule has 1 fully saturated rings. The molecule has 0 saturated heterocycles. The van der Waals surface area contributed by atoms with Gasteiger partial charge in [-0.1, -0.05) is 12.8 Å². The maximum atomic E-state index is 11.0. The van der Waals surface area contributed by atoms with Gasteiger partial charge in [0.05, 0.1) is 18.3 Å². The van der Waals surface area contributed by atoms with Crippen LogP contribution in [0.2, 0.25) is 0 Å². The standard InChI is InChI=1S/C14H21NO3/c1-10-9-13(14(16)17)11(2)15(10)7-8-18-12-5-3-4-6-12/h9,12H,3-8H2,1-2H3,(H,16,17). The molecule has 0 radical (unpaired) electrons. The van der Waals surface area contributed by atoms with E-state index in [1.165, 1.54) is 25.7 Å². The Morgan fingerprint density at radius 1 is 1.44 bits per heavy atom. The summed E-state index contributed by atoms with van der Waals surface area (Å²) in [5.41, 5.74) is 2.20. The first kappa shape index (κ1) is 13.1. The first-order valence-corrected chi connectivity index (χ1v) is 6.61. The number of hydrogen-bond acceptors (Lipinski definition) is 2. The van der Waals surface area contributed by atoms with Gasteiger partial charge in [-0.15, -0.1) is 0 Å². The summed E-state index contributed by atoms with van der Waals surface area (Å²) in [6, 6.07) is 1.73. The Bertz CT molecular complexity index is 430. The van der Waals surface area contributed by atoms with Gasteiger partial charge in [-0.25, -0.2) is 4.79 Å². The smallest absolute Gasteiger partial charge is 0.337 e. The minimum absolute atomic E-state index is 0.397. The molecule has 0 aromatic carbocycles. The summed E-state index contributed by atoms with van der Waals surface area (Å²) in [6.07, 6.45) is 5.30. The zero-order valence-electron chi connectivity index (χ0n) is 11.1. The first-order valence-electron chi connectivity index (χ1n) is 6.61. The van der Waals surface area contributed by atoms with Crippen LogP contribution in [0.5, 0.6) is 0 Å². The summed E-state index contributed by atoms with van der Waals surface area (Å²) < 4.78 is 7.84. The number of hydrogen-bond donors (Lipinski definition) is 1. The molecule has 0 amide bonds. The van der Waals surface area contributed by atoms with Crippen LogP contribution < -0.4 is 0 Å². The molecule has 1 aromatic heterocycles. The van der Waals surface area contributed by atoms with Crippen LogP contribution in [0, 0.1) is 13.8 Å². The lowest BCUT2D eigenvalue weighted by Gasteiger charge is -2.13. The van der Waals surface area contributed by atoms with Crippen LogP contribution in [0.15, 0.2) is 6.07 Å². The fraction of sp³-hybridized carbons (Fsp3) is 0.643. The quantitative estimate of drug-likeness (QED) is 0.875. The van der Waals surface area contributed by atoms with Crippen molar-refractivity contribution in [2.75, 3.05) is 6.61 Å². The van der Waals surface area contributed by atoms with Gasteiger partial charge in [0, 0.05) is 17.9 Å². The number of rotatable bonds is 5. The second-order valence-corrected chi connectivity index (χ2v) is 5.02. The second kappa shape index (κ2) is 5.57. The van der Waals surface area contributed by atoms with Crippen molar-refractivity contribution in [3.63, 3.8) is 0 Å². The molecule has 0 bridgehead atoms. The largest absolute Gasteiger partial charge is 0.478 e. The maximum Gasteiger partial charge on any atom is 0.337 e. The fourth-order valence-electron chi connectivity index (χ4n) is 2.73. The van der Waals surface area contributed by atoms with Crippen molar-refractivity contribution in [1.82, 2.24) is 4.57 Å². The van der Waals surface area contributed by atoms with Gasteiger partial charge in [0.25, 0.3) is 0 Å². The number of aromatic carboxylic acids is 1. The zero-order valence-corrected chi connectivity index (χ0v) is 11.1. The van der Waals surface area contributed by atoms with Gasteiger partial charge in [-0.05, 0) is 32.8 Å². The van der Waals surface area contributed by atoms with Crippen LogP contribution in [-0.2, 0) is 11.3 Å². The van der Waals surface area contributed by atoms with Gasteiger partial charge in [0.15, 0.2) is 0 Å². The molecule has 0 aliphatic heterocycles. The van der Waals surface area contributed by atoms with E-state index in [0.29, 0.717) is 18.3 Å². The highest BCUT2D eigenvalue weighted by atomic mass is 16.5. The van der Waals surface area contributed by atoms with Crippen molar-refractivity contribution < 1.29 is 14.6 Å². The van der Waals surface area contributed by atoms with Crippen molar-refractivity contribution in [2.45, 2.75) is 52.2 Å². The van der Waals surface area contributed by atoms with E-state index in [1.54, 1.807) is 6.07 Å². The van der Waals surface area contributed by atoms with Crippen molar-refractivity contribution in [3.05, 3.63) is 23.0 Å². The third kappa shape index (κ3) is 2.75. The van der Waals surface area contributed by atoms with Gasteiger partial charge in [0.1, 0.15) is 0 Å². The van der Waals surface area contributed by atoms with Gasteiger partial charge in [0.2, 0.25) is 0 Å². The fourth-order valence-corrected chi connectivity index (χ4v) is 2.73. The van der Waals surface area contributed by atoms with Crippen LogP contribution in [-0.4, -0.2) is 28.4 Å². The highest BCUT2D eigenvalue weighted by molar-refractivity contribution is 5.89. The van der Waals surface area contributed by atoms with E-state index in [2.05, 4.69) is 0 Å². The Morgan fingerprint density at radius 3 is 2.67 bits per heavy atom. The number of aromatic nitrogens is 1. The summed E-state index contributed by atoms with van der Waals surface area (Å²) in [5.74, 6) is -0.855. The molecule has 1 aromatic rings. The molecule has 0 unspecified atom stereocenters. The molecular formula is C14H21NO3. The van der Waals surface area contributed by atoms with Crippen LogP contribution in [0.3, 0.4) is 0 Å². The Balaban J connectivity index is 1.94. The lowest BCUT2D eigenvalue weighted by molar-refractivity contribution is 0.0524. The number of carbonyl (C=O) groups is 1. The molecule has 18 heavy (non-hydrogen) atoms. The van der Waals surface area contributed by atoms with Gasteiger partial charge in [-0.3, -0.25) is 0 Å². The lowest BCUT2D eigenvalue weighted by atomic mass is 10.2. The third-order valence-corrected chi connectivity index (χ3v) is 3.77. The Kier molecular flexibility index (Phi) is 4.07. The molecule has 1 aliphatic carbocycles. The van der Waals surface area contributed by atoms with Crippen molar-refractivity contribution >= 4 is 5.97 Å². The van der Waals surface area contributed by atoms with Crippen LogP contribution in [0.25, 0.3) is 0 Å². The second-order valence-electron chi connectivity index (χ2n) is 5.02. The molecule has 1 saturated carbocycles. The van der Waals surface area contributed by atoms with E-state index < -0.39 is 5.97 Å². The topological polar surface area (TPSA) is 51.5 Å². The first-order chi connectivity index (χ1) is 8.59. The molecule has 1 N–H and O–H groups in total. The van der Waals surface area contributed by atoms with Crippen LogP contribution in [0.4, 0.5) is 0 Å². The highest BCUT2D eigenvalue weighted by Crippen LogP contribution is 2.21. The molecule has 4 nitrogen and oxygen atoms in total. The SMILES string of the molecule is Cc1cc(C(=O)O)c(C)n1CCOC1CCCC1. The monoisotopic (exact) mass is 251 g/mol. The molecule has 1 aliphatic rings. The summed E-state index contributed by atoms with van der Waals surface area (Å²) in [5, 5.41) is 9.06. The van der Waals surface area contributed by atoms with Gasteiger partial charge < -0.3 is 14.4 Å². The maximum absolute atomic E-state index is 11.0. The van der Waals surface area contributed by atoms with Gasteiger partial charge >= 0.3 is 5.97 Å². The van der Waals surface area contributed by atoms with E-state index in [-0.39, 0.29) is 0 Å². The predicted molar refractivity (Wildman–Crippen MR) is 69.1 cm³/mol. The molecule has 0 atom stereocenters. The lowest BCUT2D eigenvalue weighted by Crippen LogP contribution is -2.14. The average molecular weight is 251 g/mol. The number of carboxylic acid groups (broad SMARTS) is 1. The molecule has 1 heterocycles. The number of carboxylic acids is 1. The molecule has 100 valence electrons. The molecule has 0 spiro atoms. The van der Waals surface area contributed by atoms with E-state index in [1.807, 2.05) is 18.4 Å². The summed E-state index contributed by atoms with van der Waals surface area (Å²) in [7, 11) is 0. The minimum atomic E-state index is -0.855. The third-order valence-electron chi connectivity index (χ3n) is 3.77. The van der Waals surface area contributed by atoms with Gasteiger partial charge in [-0.2, -0.15) is 0 Å². The number of ether oxygens (including phenoxy) is 1.